The van der Waals surface area contributed by atoms with Crippen LogP contribution in [0.2, 0.25) is 0 Å². The van der Waals surface area contributed by atoms with Gasteiger partial charge in [-0.2, -0.15) is 13.2 Å². The maximum absolute atomic E-state index is 13.8. The quantitative estimate of drug-likeness (QED) is 0.547. The van der Waals surface area contributed by atoms with Crippen LogP contribution in [0.4, 0.5) is 24.8 Å². The van der Waals surface area contributed by atoms with Crippen LogP contribution in [0.25, 0.3) is 11.3 Å². The molecule has 0 radical (unpaired) electrons. The van der Waals surface area contributed by atoms with Gasteiger partial charge in [0.15, 0.2) is 0 Å². The maximum Gasteiger partial charge on any atom is 0.418 e. The molecule has 1 atom stereocenters. The lowest BCUT2D eigenvalue weighted by atomic mass is 9.98. The zero-order chi connectivity index (χ0) is 26.6. The fourth-order valence-electron chi connectivity index (χ4n) is 4.43. The second-order valence-corrected chi connectivity index (χ2v) is 11.3. The topological polar surface area (TPSA) is 126 Å². The molecule has 2 fully saturated rings. The number of alkyl halides is 3. The lowest BCUT2D eigenvalue weighted by Gasteiger charge is -2.30. The molecular weight excluding hydrogens is 513 g/mol. The number of carbonyl (C=O) groups excluding carboxylic acids is 1. The van der Waals surface area contributed by atoms with Crippen LogP contribution in [0.1, 0.15) is 31.2 Å². The normalized spacial score (nSPS) is 19.9. The fraction of sp³-hybridized carbons (Fsp3) is 0.565. The summed E-state index contributed by atoms with van der Waals surface area (Å²) >= 11 is 0. The van der Waals surface area contributed by atoms with Crippen molar-refractivity contribution in [2.75, 3.05) is 49.7 Å². The Labute approximate surface area is 213 Å². The van der Waals surface area contributed by atoms with E-state index in [1.165, 1.54) is 16.7 Å². The maximum atomic E-state index is 13.8. The number of hydrogen-bond acceptors (Lipinski definition) is 8. The van der Waals surface area contributed by atoms with Crippen molar-refractivity contribution in [2.24, 2.45) is 11.8 Å². The number of hydrogen-bond donors (Lipinski definition) is 2. The lowest BCUT2D eigenvalue weighted by molar-refractivity contribution is -0.137. The first kappa shape index (κ1) is 27.2. The van der Waals surface area contributed by atoms with Gasteiger partial charge in [0.25, 0.3) is 0 Å². The standard InChI is InChI=1S/C23H29F3N6O4S/c1-37(34,35)32-6-2-3-16(14-32)22(33)31-20-9-17(18(11-29-20)23(24,25)26)19-12-27-13-21(30-19)28-10-15-4-7-36-8-5-15/h9,11-13,15-16H,2-8,10,14H2,1H3,(H,28,30)(H,29,31,33)/t16-/m0/s1. The third kappa shape index (κ3) is 7.14. The molecule has 2 N–H and O–H groups in total. The molecule has 0 saturated carbocycles. The van der Waals surface area contributed by atoms with Crippen LogP contribution < -0.4 is 10.6 Å². The number of sulfonamides is 1. The molecule has 37 heavy (non-hydrogen) atoms. The molecule has 2 saturated heterocycles. The van der Waals surface area contributed by atoms with E-state index in [9.17, 15) is 26.4 Å². The number of carbonyl (C=O) groups is 1. The predicted molar refractivity (Wildman–Crippen MR) is 130 cm³/mol. The predicted octanol–water partition coefficient (Wildman–Crippen LogP) is 3.01. The Hall–Kier alpha value is -2.84. The Kier molecular flexibility index (Phi) is 8.29. The van der Waals surface area contributed by atoms with Gasteiger partial charge < -0.3 is 15.4 Å². The monoisotopic (exact) mass is 542 g/mol. The van der Waals surface area contributed by atoms with Crippen molar-refractivity contribution in [2.45, 2.75) is 31.9 Å². The Morgan fingerprint density at radius 1 is 1.16 bits per heavy atom. The molecule has 0 unspecified atom stereocenters. The molecule has 2 aliphatic heterocycles. The highest BCUT2D eigenvalue weighted by Gasteiger charge is 2.36. The van der Waals surface area contributed by atoms with Gasteiger partial charge >= 0.3 is 6.18 Å². The first-order valence-corrected chi connectivity index (χ1v) is 13.8. The SMILES string of the molecule is CS(=O)(=O)N1CCC[C@H](C(=O)Nc2cc(-c3cncc(NCC4CCOCC4)n3)c(C(F)(F)F)cn2)C1. The van der Waals surface area contributed by atoms with E-state index in [2.05, 4.69) is 25.6 Å². The van der Waals surface area contributed by atoms with E-state index in [1.807, 2.05) is 0 Å². The zero-order valence-corrected chi connectivity index (χ0v) is 21.1. The molecule has 0 aromatic carbocycles. The van der Waals surface area contributed by atoms with Crippen LogP contribution in [-0.2, 0) is 25.7 Å². The summed E-state index contributed by atoms with van der Waals surface area (Å²) in [7, 11) is -3.46. The molecule has 0 spiro atoms. The molecule has 14 heteroatoms. The summed E-state index contributed by atoms with van der Waals surface area (Å²) in [6, 6.07) is 1.12. The number of amides is 1. The molecular formula is C23H29F3N6O4S. The molecule has 1 amide bonds. The minimum atomic E-state index is -4.71. The number of nitrogens with zero attached hydrogens (tertiary/aromatic N) is 4. The van der Waals surface area contributed by atoms with Crippen LogP contribution in [0.5, 0.6) is 0 Å². The Bertz CT molecular complexity index is 1220. The molecule has 2 aliphatic rings. The number of rotatable bonds is 7. The van der Waals surface area contributed by atoms with Crippen molar-refractivity contribution >= 4 is 27.6 Å². The van der Waals surface area contributed by atoms with E-state index in [0.717, 1.165) is 25.2 Å². The van der Waals surface area contributed by atoms with Crippen molar-refractivity contribution in [3.05, 3.63) is 30.2 Å². The minimum absolute atomic E-state index is 0.00443. The molecule has 2 aromatic rings. The third-order valence-electron chi connectivity index (χ3n) is 6.51. The summed E-state index contributed by atoms with van der Waals surface area (Å²) in [5.74, 6) is -0.543. The summed E-state index contributed by atoms with van der Waals surface area (Å²) in [6.07, 6.45) is 2.40. The Morgan fingerprint density at radius 2 is 1.92 bits per heavy atom. The van der Waals surface area contributed by atoms with Gasteiger partial charge in [0.05, 0.1) is 35.8 Å². The van der Waals surface area contributed by atoms with Crippen LogP contribution in [0.3, 0.4) is 0 Å². The number of ether oxygens (including phenoxy) is 1. The van der Waals surface area contributed by atoms with Gasteiger partial charge in [-0.25, -0.2) is 22.7 Å². The van der Waals surface area contributed by atoms with Gasteiger partial charge in [-0.15, -0.1) is 0 Å². The summed E-state index contributed by atoms with van der Waals surface area (Å²) in [5.41, 5.74) is -1.31. The molecule has 0 aliphatic carbocycles. The molecule has 4 rings (SSSR count). The highest BCUT2D eigenvalue weighted by molar-refractivity contribution is 7.88. The van der Waals surface area contributed by atoms with Crippen molar-refractivity contribution in [3.63, 3.8) is 0 Å². The average Bonchev–Trinajstić information content (AvgIpc) is 2.87. The third-order valence-corrected chi connectivity index (χ3v) is 7.78. The highest BCUT2D eigenvalue weighted by Crippen LogP contribution is 2.37. The van der Waals surface area contributed by atoms with Crippen LogP contribution in [0.15, 0.2) is 24.7 Å². The minimum Gasteiger partial charge on any atom is -0.381 e. The van der Waals surface area contributed by atoms with E-state index in [0.29, 0.717) is 57.1 Å². The van der Waals surface area contributed by atoms with Gasteiger partial charge in [-0.1, -0.05) is 0 Å². The van der Waals surface area contributed by atoms with Crippen LogP contribution >= 0.6 is 0 Å². The number of aromatic nitrogens is 3. The van der Waals surface area contributed by atoms with Crippen LogP contribution in [0, 0.1) is 11.8 Å². The number of piperidine rings is 1. The first-order chi connectivity index (χ1) is 17.5. The highest BCUT2D eigenvalue weighted by atomic mass is 32.2. The number of anilines is 2. The van der Waals surface area contributed by atoms with Crippen LogP contribution in [-0.4, -0.2) is 72.7 Å². The lowest BCUT2D eigenvalue weighted by Crippen LogP contribution is -2.43. The van der Waals surface area contributed by atoms with Crippen molar-refractivity contribution in [3.8, 4) is 11.3 Å². The Morgan fingerprint density at radius 3 is 2.62 bits per heavy atom. The number of nitrogens with one attached hydrogen (secondary N) is 2. The second-order valence-electron chi connectivity index (χ2n) is 9.29. The van der Waals surface area contributed by atoms with Crippen molar-refractivity contribution < 1.29 is 31.1 Å². The number of pyridine rings is 1. The number of halogens is 3. The Balaban J connectivity index is 1.54. The molecule has 2 aromatic heterocycles. The van der Waals surface area contributed by atoms with E-state index >= 15 is 0 Å². The van der Waals surface area contributed by atoms with Gasteiger partial charge in [0.2, 0.25) is 15.9 Å². The van der Waals surface area contributed by atoms with E-state index in [-0.39, 0.29) is 23.6 Å². The van der Waals surface area contributed by atoms with E-state index < -0.39 is 33.6 Å². The second kappa shape index (κ2) is 11.3. The van der Waals surface area contributed by atoms with Gasteiger partial charge in [-0.05, 0) is 37.7 Å². The smallest absolute Gasteiger partial charge is 0.381 e. The van der Waals surface area contributed by atoms with Gasteiger partial charge in [0.1, 0.15) is 11.6 Å². The van der Waals surface area contributed by atoms with Crippen molar-refractivity contribution in [1.82, 2.24) is 19.3 Å². The van der Waals surface area contributed by atoms with Crippen molar-refractivity contribution in [1.29, 1.82) is 0 Å². The molecule has 10 nitrogen and oxygen atoms in total. The molecule has 4 heterocycles. The van der Waals surface area contributed by atoms with Gasteiger partial charge in [-0.3, -0.25) is 9.78 Å². The summed E-state index contributed by atoms with van der Waals surface area (Å²) in [6.45, 7) is 2.27. The first-order valence-electron chi connectivity index (χ1n) is 12.0. The largest absolute Gasteiger partial charge is 0.418 e. The summed E-state index contributed by atoms with van der Waals surface area (Å²) < 4.78 is 71.7. The van der Waals surface area contributed by atoms with E-state index in [1.54, 1.807) is 0 Å². The summed E-state index contributed by atoms with van der Waals surface area (Å²) in [5, 5.41) is 5.68. The summed E-state index contributed by atoms with van der Waals surface area (Å²) in [4.78, 5) is 25.0. The fourth-order valence-corrected chi connectivity index (χ4v) is 5.34. The van der Waals surface area contributed by atoms with E-state index in [4.69, 9.17) is 4.74 Å². The average molecular weight is 543 g/mol. The molecule has 0 bridgehead atoms. The zero-order valence-electron chi connectivity index (χ0n) is 20.3. The van der Waals surface area contributed by atoms with Gasteiger partial charge in [0, 0.05) is 44.6 Å². The molecule has 202 valence electrons.